The van der Waals surface area contributed by atoms with E-state index in [0.717, 1.165) is 28.7 Å². The summed E-state index contributed by atoms with van der Waals surface area (Å²) >= 11 is 0. The van der Waals surface area contributed by atoms with Crippen LogP contribution in [0.15, 0.2) is 97.6 Å². The van der Waals surface area contributed by atoms with E-state index >= 15 is 0 Å². The van der Waals surface area contributed by atoms with Crippen LogP contribution in [0.5, 0.6) is 0 Å². The van der Waals surface area contributed by atoms with Crippen LogP contribution >= 0.6 is 0 Å². The van der Waals surface area contributed by atoms with E-state index in [1.807, 2.05) is 60.9 Å². The topological polar surface area (TPSA) is 92.2 Å². The molecular weight excluding hydrogens is 426 g/mol. The fourth-order valence-corrected chi connectivity index (χ4v) is 3.97. The Morgan fingerprint density at radius 1 is 0.794 bits per heavy atom. The summed E-state index contributed by atoms with van der Waals surface area (Å²) in [7, 11) is 0. The van der Waals surface area contributed by atoms with E-state index in [0.29, 0.717) is 5.69 Å². The van der Waals surface area contributed by atoms with Gasteiger partial charge in [0.25, 0.3) is 0 Å². The number of carboxylic acids is 1. The normalized spacial score (nSPS) is 10.7. The highest BCUT2D eigenvalue weighted by Crippen LogP contribution is 2.32. The average Bonchev–Trinajstić information content (AvgIpc) is 2.88. The molecule has 2 aromatic heterocycles. The Hall–Kier alpha value is -4.32. The number of carbonyl (C=O) groups is 2. The van der Waals surface area contributed by atoms with Crippen molar-refractivity contribution >= 4 is 17.6 Å². The van der Waals surface area contributed by atoms with Crippen molar-refractivity contribution in [2.45, 2.75) is 25.2 Å². The monoisotopic (exact) mass is 451 g/mol. The Kier molecular flexibility index (Phi) is 7.40. The van der Waals surface area contributed by atoms with Crippen molar-refractivity contribution in [3.63, 3.8) is 0 Å². The number of aromatic nitrogens is 2. The molecule has 4 aromatic rings. The molecule has 0 unspecified atom stereocenters. The van der Waals surface area contributed by atoms with Gasteiger partial charge in [0.2, 0.25) is 5.91 Å². The lowest BCUT2D eigenvalue weighted by Gasteiger charge is -2.20. The van der Waals surface area contributed by atoms with Crippen LogP contribution in [0.3, 0.4) is 0 Å². The summed E-state index contributed by atoms with van der Waals surface area (Å²) in [5.41, 5.74) is 6.24. The van der Waals surface area contributed by atoms with E-state index in [2.05, 4.69) is 39.6 Å². The minimum absolute atomic E-state index is 0.0516. The van der Waals surface area contributed by atoms with E-state index < -0.39 is 5.97 Å². The fourth-order valence-electron chi connectivity index (χ4n) is 3.97. The largest absolute Gasteiger partial charge is 0.481 e. The number of pyridine rings is 2. The second-order valence-corrected chi connectivity index (χ2v) is 8.01. The second-order valence-electron chi connectivity index (χ2n) is 8.01. The molecule has 0 aliphatic carbocycles. The zero-order valence-corrected chi connectivity index (χ0v) is 18.6. The first-order valence-corrected chi connectivity index (χ1v) is 11.1. The summed E-state index contributed by atoms with van der Waals surface area (Å²) in [6.07, 6.45) is 7.90. The van der Waals surface area contributed by atoms with E-state index in [9.17, 15) is 9.59 Å². The first-order valence-electron chi connectivity index (χ1n) is 11.1. The average molecular weight is 452 g/mol. The van der Waals surface area contributed by atoms with Crippen molar-refractivity contribution in [3.8, 4) is 11.1 Å². The quantitative estimate of drug-likeness (QED) is 0.359. The van der Waals surface area contributed by atoms with Crippen molar-refractivity contribution in [2.75, 3.05) is 5.32 Å². The Bertz CT molecular complexity index is 1200. The molecule has 6 heteroatoms. The maximum absolute atomic E-state index is 11.9. The zero-order valence-electron chi connectivity index (χ0n) is 18.6. The molecule has 0 atom stereocenters. The van der Waals surface area contributed by atoms with E-state index in [1.165, 1.54) is 5.56 Å². The standard InChI is InChI=1S/C28H25N3O3/c32-27(13-14-28(33)34)31-24-11-9-20(10-12-24)25-8-2-1-5-21(25)17-26(22-6-3-15-29-18-22)23-7-4-16-30-19-23/h1-12,15-16,18-19,26H,13-14,17H2,(H,31,32)(H,33,34). The number of rotatable bonds is 9. The number of aliphatic carboxylic acids is 1. The first-order chi connectivity index (χ1) is 16.6. The molecule has 1 amide bonds. The summed E-state index contributed by atoms with van der Waals surface area (Å²) in [6.45, 7) is 0. The minimum Gasteiger partial charge on any atom is -0.481 e. The highest BCUT2D eigenvalue weighted by atomic mass is 16.4. The molecule has 6 nitrogen and oxygen atoms in total. The molecule has 2 N–H and O–H groups in total. The van der Waals surface area contributed by atoms with Gasteiger partial charge < -0.3 is 10.4 Å². The molecule has 0 aliphatic rings. The number of hydrogen-bond acceptors (Lipinski definition) is 4. The molecule has 170 valence electrons. The molecule has 0 saturated heterocycles. The Morgan fingerprint density at radius 2 is 1.44 bits per heavy atom. The van der Waals surface area contributed by atoms with Gasteiger partial charge in [-0.25, -0.2) is 0 Å². The van der Waals surface area contributed by atoms with E-state index in [1.54, 1.807) is 12.4 Å². The van der Waals surface area contributed by atoms with Crippen molar-refractivity contribution in [2.24, 2.45) is 0 Å². The second kappa shape index (κ2) is 11.0. The van der Waals surface area contributed by atoms with Gasteiger partial charge in [0, 0.05) is 42.8 Å². The van der Waals surface area contributed by atoms with Gasteiger partial charge in [0.15, 0.2) is 0 Å². The number of benzene rings is 2. The van der Waals surface area contributed by atoms with Crippen LogP contribution in [0, 0.1) is 0 Å². The lowest BCUT2D eigenvalue weighted by Crippen LogP contribution is -2.13. The molecule has 34 heavy (non-hydrogen) atoms. The summed E-state index contributed by atoms with van der Waals surface area (Å²) in [4.78, 5) is 31.2. The third-order valence-electron chi connectivity index (χ3n) is 5.66. The zero-order chi connectivity index (χ0) is 23.8. The van der Waals surface area contributed by atoms with Crippen LogP contribution in [0.1, 0.15) is 35.4 Å². The Balaban J connectivity index is 1.58. The highest BCUT2D eigenvalue weighted by Gasteiger charge is 2.18. The summed E-state index contributed by atoms with van der Waals surface area (Å²) in [5.74, 6) is -1.19. The lowest BCUT2D eigenvalue weighted by atomic mass is 9.85. The molecule has 0 aliphatic heterocycles. The van der Waals surface area contributed by atoms with Crippen molar-refractivity contribution in [1.29, 1.82) is 0 Å². The van der Waals surface area contributed by atoms with Gasteiger partial charge in [-0.3, -0.25) is 19.6 Å². The van der Waals surface area contributed by atoms with Gasteiger partial charge in [0.05, 0.1) is 6.42 Å². The van der Waals surface area contributed by atoms with Gasteiger partial charge in [0.1, 0.15) is 0 Å². The molecule has 4 rings (SSSR count). The summed E-state index contributed by atoms with van der Waals surface area (Å²) < 4.78 is 0. The molecule has 0 bridgehead atoms. The van der Waals surface area contributed by atoms with Crippen LogP contribution in [-0.4, -0.2) is 27.0 Å². The van der Waals surface area contributed by atoms with Gasteiger partial charge in [-0.15, -0.1) is 0 Å². The van der Waals surface area contributed by atoms with E-state index in [-0.39, 0.29) is 24.7 Å². The van der Waals surface area contributed by atoms with E-state index in [4.69, 9.17) is 5.11 Å². The maximum atomic E-state index is 11.9. The molecule has 2 heterocycles. The van der Waals surface area contributed by atoms with Gasteiger partial charge in [-0.2, -0.15) is 0 Å². The predicted octanol–water partition coefficient (Wildman–Crippen LogP) is 5.32. The minimum atomic E-state index is -0.988. The smallest absolute Gasteiger partial charge is 0.303 e. The molecule has 0 spiro atoms. The summed E-state index contributed by atoms with van der Waals surface area (Å²) in [5, 5.41) is 11.5. The number of nitrogens with one attached hydrogen (secondary N) is 1. The number of anilines is 1. The Morgan fingerprint density at radius 3 is 2.03 bits per heavy atom. The first kappa shape index (κ1) is 22.9. The molecule has 2 aromatic carbocycles. The van der Waals surface area contributed by atoms with Crippen LogP contribution < -0.4 is 5.32 Å². The predicted molar refractivity (Wildman–Crippen MR) is 131 cm³/mol. The number of hydrogen-bond donors (Lipinski definition) is 2. The third kappa shape index (κ3) is 5.92. The van der Waals surface area contributed by atoms with Gasteiger partial charge in [-0.05, 0) is 58.5 Å². The lowest BCUT2D eigenvalue weighted by molar-refractivity contribution is -0.138. The van der Waals surface area contributed by atoms with Gasteiger partial charge >= 0.3 is 5.97 Å². The maximum Gasteiger partial charge on any atom is 0.303 e. The molecule has 0 fully saturated rings. The van der Waals surface area contributed by atoms with Crippen LogP contribution in [-0.2, 0) is 16.0 Å². The van der Waals surface area contributed by atoms with Crippen LogP contribution in [0.2, 0.25) is 0 Å². The van der Waals surface area contributed by atoms with Gasteiger partial charge in [-0.1, -0.05) is 48.5 Å². The van der Waals surface area contributed by atoms with Crippen molar-refractivity contribution < 1.29 is 14.7 Å². The molecular formula is C28H25N3O3. The Labute approximate surface area is 198 Å². The van der Waals surface area contributed by atoms with Crippen molar-refractivity contribution in [3.05, 3.63) is 114 Å². The third-order valence-corrected chi connectivity index (χ3v) is 5.66. The highest BCUT2D eigenvalue weighted by molar-refractivity contribution is 5.92. The molecule has 0 radical (unpaired) electrons. The number of nitrogens with zero attached hydrogens (tertiary/aromatic N) is 2. The van der Waals surface area contributed by atoms with Crippen LogP contribution in [0.25, 0.3) is 11.1 Å². The van der Waals surface area contributed by atoms with Crippen LogP contribution in [0.4, 0.5) is 5.69 Å². The number of carboxylic acid groups (broad SMARTS) is 1. The summed E-state index contributed by atoms with van der Waals surface area (Å²) in [6, 6.07) is 24.0. The fraction of sp³-hybridized carbons (Fsp3) is 0.143. The molecule has 0 saturated carbocycles. The SMILES string of the molecule is O=C(O)CCC(=O)Nc1ccc(-c2ccccc2CC(c2cccnc2)c2cccnc2)cc1. The van der Waals surface area contributed by atoms with Crippen molar-refractivity contribution in [1.82, 2.24) is 9.97 Å². The number of amides is 1. The number of carbonyl (C=O) groups excluding carboxylic acids is 1.